The number of hydrogen-bond donors (Lipinski definition) is 0. The zero-order valence-electron chi connectivity index (χ0n) is 17.8. The van der Waals surface area contributed by atoms with Crippen LogP contribution in [0.25, 0.3) is 6.08 Å². The fourth-order valence-corrected chi connectivity index (χ4v) is 3.92. The van der Waals surface area contributed by atoms with Gasteiger partial charge in [0.15, 0.2) is 0 Å². The Labute approximate surface area is 187 Å². The van der Waals surface area contributed by atoms with Gasteiger partial charge in [-0.25, -0.2) is 4.79 Å². The average Bonchev–Trinajstić information content (AvgIpc) is 3.20. The van der Waals surface area contributed by atoms with Gasteiger partial charge in [-0.05, 0) is 36.3 Å². The first-order valence-corrected chi connectivity index (χ1v) is 10.5. The summed E-state index contributed by atoms with van der Waals surface area (Å²) in [4.78, 5) is 13.4. The van der Waals surface area contributed by atoms with Crippen molar-refractivity contribution in [3.05, 3.63) is 108 Å². The Hall–Kier alpha value is -4.17. The maximum absolute atomic E-state index is 13.4. The first-order valence-electron chi connectivity index (χ1n) is 10.5. The van der Waals surface area contributed by atoms with Gasteiger partial charge in [0, 0.05) is 0 Å². The molecule has 0 radical (unpaired) electrons. The van der Waals surface area contributed by atoms with E-state index in [2.05, 4.69) is 6.07 Å². The van der Waals surface area contributed by atoms with Gasteiger partial charge < -0.3 is 4.74 Å². The first kappa shape index (κ1) is 21.1. The Bertz CT molecular complexity index is 1170. The number of rotatable bonds is 6. The predicted molar refractivity (Wildman–Crippen MR) is 126 cm³/mol. The number of esters is 1. The van der Waals surface area contributed by atoms with Crippen LogP contribution in [0.3, 0.4) is 0 Å². The number of carbonyl (C=O) groups is 1. The van der Waals surface area contributed by atoms with Gasteiger partial charge in [0.2, 0.25) is 5.41 Å². The molecule has 0 spiro atoms. The van der Waals surface area contributed by atoms with Gasteiger partial charge in [-0.1, -0.05) is 84.9 Å². The number of para-hydroxylation sites is 1. The molecule has 0 saturated carbocycles. The van der Waals surface area contributed by atoms with Crippen molar-refractivity contribution >= 4 is 23.4 Å². The molecule has 5 nitrogen and oxygen atoms in total. The van der Waals surface area contributed by atoms with Crippen LogP contribution in [-0.2, 0) is 9.53 Å². The van der Waals surface area contributed by atoms with E-state index in [0.717, 1.165) is 16.8 Å². The molecule has 0 N–H and O–H groups in total. The lowest BCUT2D eigenvalue weighted by atomic mass is 9.74. The standard InChI is InChI=1S/C27H23N3O2/c1-2-32-26(31)27(20-28)24(19-18-21-12-6-3-7-13-21)29-30(23-16-10-5-11-17-23)25(27)22-14-8-4-9-15-22/h3-19,25H,2H2,1H3/b19-18+/t25-,27+/m0/s1. The molecule has 158 valence electrons. The lowest BCUT2D eigenvalue weighted by Gasteiger charge is -2.32. The number of nitriles is 1. The largest absolute Gasteiger partial charge is 0.464 e. The topological polar surface area (TPSA) is 65.7 Å². The highest BCUT2D eigenvalue weighted by atomic mass is 16.5. The van der Waals surface area contributed by atoms with Crippen LogP contribution in [0.5, 0.6) is 0 Å². The molecule has 0 unspecified atom stereocenters. The van der Waals surface area contributed by atoms with Crippen molar-refractivity contribution in [1.29, 1.82) is 5.26 Å². The van der Waals surface area contributed by atoms with E-state index in [1.165, 1.54) is 0 Å². The van der Waals surface area contributed by atoms with E-state index in [9.17, 15) is 10.1 Å². The van der Waals surface area contributed by atoms with Crippen molar-refractivity contribution < 1.29 is 9.53 Å². The van der Waals surface area contributed by atoms with Crippen LogP contribution in [0, 0.1) is 16.7 Å². The number of hydrazone groups is 1. The Morgan fingerprint density at radius 3 is 2.19 bits per heavy atom. The predicted octanol–water partition coefficient (Wildman–Crippen LogP) is 5.39. The highest BCUT2D eigenvalue weighted by molar-refractivity contribution is 6.19. The summed E-state index contributed by atoms with van der Waals surface area (Å²) < 4.78 is 5.44. The number of allylic oxidation sites excluding steroid dienone is 1. The maximum atomic E-state index is 13.4. The minimum Gasteiger partial charge on any atom is -0.464 e. The summed E-state index contributed by atoms with van der Waals surface area (Å²) in [6.07, 6.45) is 3.61. The van der Waals surface area contributed by atoms with Crippen molar-refractivity contribution in [2.24, 2.45) is 10.5 Å². The Kier molecular flexibility index (Phi) is 6.14. The van der Waals surface area contributed by atoms with Crippen LogP contribution in [0.4, 0.5) is 5.69 Å². The first-order chi connectivity index (χ1) is 15.7. The molecule has 32 heavy (non-hydrogen) atoms. The molecule has 3 aromatic rings. The smallest absolute Gasteiger partial charge is 0.335 e. The maximum Gasteiger partial charge on any atom is 0.335 e. The molecule has 2 atom stereocenters. The van der Waals surface area contributed by atoms with E-state index in [1.807, 2.05) is 97.1 Å². The van der Waals surface area contributed by atoms with Crippen LogP contribution in [-0.4, -0.2) is 18.3 Å². The SMILES string of the molecule is CCOC(=O)[C@]1(C#N)C(/C=C/c2ccccc2)=NN(c2ccccc2)[C@H]1c1ccccc1. The molecule has 0 fully saturated rings. The summed E-state index contributed by atoms with van der Waals surface area (Å²) in [6.45, 7) is 1.91. The Balaban J connectivity index is 1.91. The number of benzene rings is 3. The molecule has 1 heterocycles. The summed E-state index contributed by atoms with van der Waals surface area (Å²) >= 11 is 0. The molecule has 1 aliphatic rings. The number of carbonyl (C=O) groups excluding carboxylic acids is 1. The minimum absolute atomic E-state index is 0.171. The fraction of sp³-hybridized carbons (Fsp3) is 0.148. The summed E-state index contributed by atoms with van der Waals surface area (Å²) in [5.74, 6) is -0.605. The van der Waals surface area contributed by atoms with Crippen molar-refractivity contribution in [1.82, 2.24) is 0 Å². The van der Waals surface area contributed by atoms with Crippen LogP contribution >= 0.6 is 0 Å². The van der Waals surface area contributed by atoms with E-state index >= 15 is 0 Å². The molecule has 3 aromatic carbocycles. The third-order valence-electron chi connectivity index (χ3n) is 5.42. The zero-order valence-corrected chi connectivity index (χ0v) is 17.8. The van der Waals surface area contributed by atoms with E-state index in [-0.39, 0.29) is 6.61 Å². The molecule has 0 aromatic heterocycles. The van der Waals surface area contributed by atoms with E-state index in [0.29, 0.717) is 5.71 Å². The van der Waals surface area contributed by atoms with Gasteiger partial charge in [-0.3, -0.25) is 5.01 Å². The molecule has 5 heteroatoms. The van der Waals surface area contributed by atoms with E-state index < -0.39 is 17.4 Å². The minimum atomic E-state index is -1.63. The summed E-state index contributed by atoms with van der Waals surface area (Å²) in [5, 5.41) is 17.0. The summed E-state index contributed by atoms with van der Waals surface area (Å²) in [5.41, 5.74) is 1.25. The van der Waals surface area contributed by atoms with E-state index in [4.69, 9.17) is 9.84 Å². The molecule has 4 rings (SSSR count). The van der Waals surface area contributed by atoms with Crippen molar-refractivity contribution in [2.45, 2.75) is 13.0 Å². The number of anilines is 1. The highest BCUT2D eigenvalue weighted by Gasteiger charge is 2.59. The van der Waals surface area contributed by atoms with Crippen LogP contribution in [0.15, 0.2) is 102 Å². The molecular formula is C27H23N3O2. The van der Waals surface area contributed by atoms with E-state index in [1.54, 1.807) is 18.0 Å². The van der Waals surface area contributed by atoms with Gasteiger partial charge in [0.05, 0.1) is 24.1 Å². The monoisotopic (exact) mass is 421 g/mol. The molecular weight excluding hydrogens is 398 g/mol. The summed E-state index contributed by atoms with van der Waals surface area (Å²) in [7, 11) is 0. The van der Waals surface area contributed by atoms with Crippen molar-refractivity contribution in [2.75, 3.05) is 11.6 Å². The second-order valence-corrected chi connectivity index (χ2v) is 7.36. The Morgan fingerprint density at radius 1 is 1.00 bits per heavy atom. The quantitative estimate of drug-likeness (QED) is 0.501. The number of nitrogens with zero attached hydrogens (tertiary/aromatic N) is 3. The van der Waals surface area contributed by atoms with Crippen molar-refractivity contribution in [3.63, 3.8) is 0 Å². The third kappa shape index (κ3) is 3.79. The Morgan fingerprint density at radius 2 is 1.59 bits per heavy atom. The average molecular weight is 422 g/mol. The lowest BCUT2D eigenvalue weighted by Crippen LogP contribution is -2.44. The zero-order chi connectivity index (χ0) is 22.4. The summed E-state index contributed by atoms with van der Waals surface area (Å²) in [6, 6.07) is 30.4. The normalized spacial score (nSPS) is 20.1. The third-order valence-corrected chi connectivity index (χ3v) is 5.42. The fourth-order valence-electron chi connectivity index (χ4n) is 3.92. The lowest BCUT2D eigenvalue weighted by molar-refractivity contribution is -0.149. The van der Waals surface area contributed by atoms with Crippen LogP contribution in [0.1, 0.15) is 24.1 Å². The van der Waals surface area contributed by atoms with Gasteiger partial charge in [0.25, 0.3) is 0 Å². The second kappa shape index (κ2) is 9.32. The van der Waals surface area contributed by atoms with Gasteiger partial charge in [-0.2, -0.15) is 10.4 Å². The molecule has 0 aliphatic carbocycles. The molecule has 0 bridgehead atoms. The number of hydrogen-bond acceptors (Lipinski definition) is 5. The number of ether oxygens (including phenoxy) is 1. The van der Waals surface area contributed by atoms with Crippen LogP contribution in [0.2, 0.25) is 0 Å². The van der Waals surface area contributed by atoms with Crippen molar-refractivity contribution in [3.8, 4) is 6.07 Å². The molecule has 1 aliphatic heterocycles. The molecule has 0 saturated heterocycles. The molecule has 0 amide bonds. The van der Waals surface area contributed by atoms with Crippen LogP contribution < -0.4 is 5.01 Å². The second-order valence-electron chi connectivity index (χ2n) is 7.36. The highest BCUT2D eigenvalue weighted by Crippen LogP contribution is 2.48. The van der Waals surface area contributed by atoms with Gasteiger partial charge in [-0.15, -0.1) is 0 Å². The van der Waals surface area contributed by atoms with Gasteiger partial charge in [0.1, 0.15) is 6.04 Å². The van der Waals surface area contributed by atoms with Gasteiger partial charge >= 0.3 is 5.97 Å².